The van der Waals surface area contributed by atoms with Crippen LogP contribution in [0.15, 0.2) is 35.7 Å². The lowest BCUT2D eigenvalue weighted by Gasteiger charge is -2.36. The number of hydrogen-bond acceptors (Lipinski definition) is 11. The molecule has 0 unspecified atom stereocenters. The third kappa shape index (κ3) is 9.10. The SMILES string of the molecule is COc1cc(OC)c(/C=C/S(=O)(=O)Cc2ccc(OC)c(OC(=O)C[N+](CCO)(CCO)CCO)c2)c(OC)c1. The molecule has 2 aromatic rings. The highest BCUT2D eigenvalue weighted by molar-refractivity contribution is 7.93. The maximum absolute atomic E-state index is 13.0. The molecule has 12 nitrogen and oxygen atoms in total. The zero-order valence-corrected chi connectivity index (χ0v) is 24.0. The number of sulfone groups is 1. The van der Waals surface area contributed by atoms with E-state index >= 15 is 0 Å². The van der Waals surface area contributed by atoms with Crippen LogP contribution in [0.5, 0.6) is 28.7 Å². The van der Waals surface area contributed by atoms with Gasteiger partial charge in [-0.15, -0.1) is 0 Å². The Morgan fingerprint density at radius 3 is 1.82 bits per heavy atom. The lowest BCUT2D eigenvalue weighted by atomic mass is 10.1. The summed E-state index contributed by atoms with van der Waals surface area (Å²) in [4.78, 5) is 12.8. The molecule has 40 heavy (non-hydrogen) atoms. The minimum absolute atomic E-state index is 0.0118. The first-order valence-corrected chi connectivity index (χ1v) is 14.1. The molecule has 0 fully saturated rings. The summed E-state index contributed by atoms with van der Waals surface area (Å²) >= 11 is 0. The summed E-state index contributed by atoms with van der Waals surface area (Å²) in [6.45, 7) is -0.629. The molecule has 13 heteroatoms. The van der Waals surface area contributed by atoms with Crippen molar-refractivity contribution in [3.63, 3.8) is 0 Å². The van der Waals surface area contributed by atoms with Crippen LogP contribution in [0, 0.1) is 0 Å². The Kier molecular flexibility index (Phi) is 12.7. The highest BCUT2D eigenvalue weighted by Crippen LogP contribution is 2.35. The van der Waals surface area contributed by atoms with Crippen molar-refractivity contribution in [1.29, 1.82) is 0 Å². The molecule has 2 aromatic carbocycles. The molecule has 0 atom stereocenters. The Balaban J connectivity index is 2.30. The van der Waals surface area contributed by atoms with Gasteiger partial charge in [0.25, 0.3) is 0 Å². The van der Waals surface area contributed by atoms with Crippen LogP contribution in [0.2, 0.25) is 0 Å². The summed E-state index contributed by atoms with van der Waals surface area (Å²) < 4.78 is 52.6. The van der Waals surface area contributed by atoms with Crippen molar-refractivity contribution in [3.05, 3.63) is 46.9 Å². The molecular weight excluding hydrogens is 546 g/mol. The van der Waals surface area contributed by atoms with Crippen LogP contribution in [-0.2, 0) is 20.4 Å². The molecule has 0 amide bonds. The van der Waals surface area contributed by atoms with Crippen LogP contribution in [0.1, 0.15) is 11.1 Å². The number of carbonyl (C=O) groups is 1. The van der Waals surface area contributed by atoms with Gasteiger partial charge in [-0.25, -0.2) is 13.2 Å². The molecule has 222 valence electrons. The van der Waals surface area contributed by atoms with Gasteiger partial charge in [-0.05, 0) is 23.8 Å². The van der Waals surface area contributed by atoms with Crippen LogP contribution in [0.25, 0.3) is 6.08 Å². The Hall–Kier alpha value is -3.36. The third-order valence-corrected chi connectivity index (χ3v) is 7.49. The number of carbonyl (C=O) groups excluding carboxylic acids is 1. The van der Waals surface area contributed by atoms with Crippen LogP contribution in [-0.4, -0.2) is 109 Å². The molecule has 0 aromatic heterocycles. The van der Waals surface area contributed by atoms with E-state index in [1.54, 1.807) is 18.2 Å². The van der Waals surface area contributed by atoms with E-state index in [9.17, 15) is 28.5 Å². The van der Waals surface area contributed by atoms with E-state index in [4.69, 9.17) is 23.7 Å². The van der Waals surface area contributed by atoms with Gasteiger partial charge >= 0.3 is 5.97 Å². The predicted octanol–water partition coefficient (Wildman–Crippen LogP) is 1.01. The summed E-state index contributed by atoms with van der Waals surface area (Å²) in [7, 11) is 1.95. The van der Waals surface area contributed by atoms with Crippen LogP contribution >= 0.6 is 0 Å². The largest absolute Gasteiger partial charge is 0.496 e. The first-order valence-electron chi connectivity index (χ1n) is 12.4. The van der Waals surface area contributed by atoms with E-state index in [0.717, 1.165) is 5.41 Å². The molecule has 3 N–H and O–H groups in total. The average molecular weight is 585 g/mol. The van der Waals surface area contributed by atoms with Gasteiger partial charge in [0.05, 0.1) is 59.6 Å². The van der Waals surface area contributed by atoms with Gasteiger partial charge in [0.15, 0.2) is 27.9 Å². The van der Waals surface area contributed by atoms with Gasteiger partial charge in [0, 0.05) is 17.5 Å². The van der Waals surface area contributed by atoms with Crippen molar-refractivity contribution < 1.29 is 56.7 Å². The van der Waals surface area contributed by atoms with Crippen LogP contribution in [0.4, 0.5) is 0 Å². The topological polar surface area (TPSA) is 158 Å². The normalized spacial score (nSPS) is 11.9. The second-order valence-electron chi connectivity index (χ2n) is 8.86. The zero-order chi connectivity index (χ0) is 29.8. The first-order chi connectivity index (χ1) is 19.1. The highest BCUT2D eigenvalue weighted by Gasteiger charge is 2.31. The summed E-state index contributed by atoms with van der Waals surface area (Å²) in [5.41, 5.74) is 0.748. The fourth-order valence-electron chi connectivity index (χ4n) is 4.18. The van der Waals surface area contributed by atoms with E-state index < -0.39 is 21.6 Å². The number of nitrogens with zero attached hydrogens (tertiary/aromatic N) is 1. The quantitative estimate of drug-likeness (QED) is 0.138. The fourth-order valence-corrected chi connectivity index (χ4v) is 5.26. The number of aliphatic hydroxyl groups excluding tert-OH is 3. The predicted molar refractivity (Wildman–Crippen MR) is 147 cm³/mol. The number of benzene rings is 2. The number of esters is 1. The number of ether oxygens (including phenoxy) is 5. The maximum Gasteiger partial charge on any atom is 0.367 e. The first kappa shape index (κ1) is 32.8. The Bertz CT molecular complexity index is 1220. The molecule has 0 saturated heterocycles. The van der Waals surface area contributed by atoms with E-state index in [-0.39, 0.29) is 62.0 Å². The minimum Gasteiger partial charge on any atom is -0.496 e. The summed E-state index contributed by atoms with van der Waals surface area (Å²) in [5, 5.41) is 29.4. The molecular formula is C27H38NO11S+. The van der Waals surface area contributed by atoms with E-state index in [1.807, 2.05) is 0 Å². The summed E-state index contributed by atoms with van der Waals surface area (Å²) in [6, 6.07) is 7.64. The van der Waals surface area contributed by atoms with Gasteiger partial charge in [-0.2, -0.15) is 0 Å². The minimum atomic E-state index is -3.80. The molecule has 0 aliphatic heterocycles. The van der Waals surface area contributed by atoms with E-state index in [1.165, 1.54) is 46.6 Å². The van der Waals surface area contributed by atoms with Gasteiger partial charge in [0.1, 0.15) is 36.9 Å². The lowest BCUT2D eigenvalue weighted by Crippen LogP contribution is -2.56. The van der Waals surface area contributed by atoms with E-state index in [2.05, 4.69) is 0 Å². The zero-order valence-electron chi connectivity index (χ0n) is 23.2. The number of aliphatic hydroxyl groups is 3. The maximum atomic E-state index is 13.0. The van der Waals surface area contributed by atoms with Crippen molar-refractivity contribution in [2.75, 3.05) is 74.4 Å². The Morgan fingerprint density at radius 1 is 0.800 bits per heavy atom. The molecule has 0 spiro atoms. The molecule has 0 saturated carbocycles. The van der Waals surface area contributed by atoms with E-state index in [0.29, 0.717) is 28.4 Å². The third-order valence-electron chi connectivity index (χ3n) is 6.20. The van der Waals surface area contributed by atoms with Gasteiger partial charge in [0.2, 0.25) is 0 Å². The summed E-state index contributed by atoms with van der Waals surface area (Å²) in [5.74, 6) is 0.318. The van der Waals surface area contributed by atoms with Crippen molar-refractivity contribution in [1.82, 2.24) is 0 Å². The molecule has 0 bridgehead atoms. The fraction of sp³-hybridized carbons (Fsp3) is 0.444. The Labute approximate surface area is 234 Å². The second-order valence-corrected chi connectivity index (χ2v) is 10.7. The van der Waals surface area contributed by atoms with Crippen molar-refractivity contribution in [2.45, 2.75) is 5.75 Å². The monoisotopic (exact) mass is 584 g/mol. The Morgan fingerprint density at radius 2 is 1.35 bits per heavy atom. The van der Waals surface area contributed by atoms with Crippen molar-refractivity contribution in [3.8, 4) is 28.7 Å². The molecule has 0 radical (unpaired) electrons. The van der Waals surface area contributed by atoms with Crippen molar-refractivity contribution >= 4 is 21.9 Å². The molecule has 0 heterocycles. The van der Waals surface area contributed by atoms with Gasteiger partial charge < -0.3 is 43.5 Å². The number of hydrogen-bond donors (Lipinski definition) is 3. The second kappa shape index (κ2) is 15.4. The smallest absolute Gasteiger partial charge is 0.367 e. The summed E-state index contributed by atoms with van der Waals surface area (Å²) in [6.07, 6.45) is 1.37. The number of methoxy groups -OCH3 is 4. The van der Waals surface area contributed by atoms with Crippen LogP contribution in [0.3, 0.4) is 0 Å². The molecule has 0 aliphatic rings. The molecule has 2 rings (SSSR count). The van der Waals surface area contributed by atoms with Crippen LogP contribution < -0.4 is 23.7 Å². The van der Waals surface area contributed by atoms with Crippen molar-refractivity contribution in [2.24, 2.45) is 0 Å². The number of quaternary nitrogens is 1. The molecule has 0 aliphatic carbocycles. The van der Waals surface area contributed by atoms with Gasteiger partial charge in [-0.1, -0.05) is 6.07 Å². The standard InChI is InChI=1S/C27H38NO11S/c1-35-21-16-24(37-3)22(25(17-21)38-4)7-14-40(33,34)19-20-5-6-23(36-2)26(15-20)39-27(32)18-28(8-11-29,9-12-30)10-13-31/h5-7,14-17,29-31H,8-13,18-19H2,1-4H3/q+1/b14-7+. The number of rotatable bonds is 17. The highest BCUT2D eigenvalue weighted by atomic mass is 32.2. The van der Waals surface area contributed by atoms with Gasteiger partial charge in [-0.3, -0.25) is 0 Å². The average Bonchev–Trinajstić information content (AvgIpc) is 2.91. The lowest BCUT2D eigenvalue weighted by molar-refractivity contribution is -0.922.